The van der Waals surface area contributed by atoms with Gasteiger partial charge in [0, 0.05) is 25.9 Å². The van der Waals surface area contributed by atoms with Crippen LogP contribution < -0.4 is 92.5 Å². The first-order valence-electron chi connectivity index (χ1n) is 36.9. The van der Waals surface area contributed by atoms with Crippen LogP contribution in [0.15, 0.2) is 59.6 Å². The van der Waals surface area contributed by atoms with Crippen molar-refractivity contribution in [3.63, 3.8) is 0 Å². The molecule has 35 nitrogen and oxygen atoms in total. The number of nitrogens with zero attached hydrogens (tertiary/aromatic N) is 2. The lowest BCUT2D eigenvalue weighted by Gasteiger charge is -2.32. The van der Waals surface area contributed by atoms with Crippen LogP contribution in [0.5, 0.6) is 5.75 Å². The van der Waals surface area contributed by atoms with Crippen LogP contribution >= 0.6 is 0 Å². The first-order chi connectivity index (χ1) is 50.9. The van der Waals surface area contributed by atoms with Crippen LogP contribution in [0.1, 0.15) is 155 Å². The van der Waals surface area contributed by atoms with E-state index in [1.807, 2.05) is 0 Å². The van der Waals surface area contributed by atoms with E-state index in [1.54, 1.807) is 71.9 Å². The fourth-order valence-corrected chi connectivity index (χ4v) is 12.2. The van der Waals surface area contributed by atoms with Crippen molar-refractivity contribution in [1.29, 1.82) is 0 Å². The number of rotatable bonds is 27. The zero-order chi connectivity index (χ0) is 79.3. The third-order valence-corrected chi connectivity index (χ3v) is 18.2. The molecule has 0 radical (unpaired) electrons. The number of hydrogen-bond acceptors (Lipinski definition) is 19. The number of carbonyl (C=O) groups excluding carboxylic acids is 13. The first-order valence-corrected chi connectivity index (χ1v) is 36.9. The number of carbonyl (C=O) groups is 14. The number of amides is 13. The van der Waals surface area contributed by atoms with Crippen LogP contribution in [0, 0.1) is 17.8 Å². The molecule has 0 spiro atoms. The summed E-state index contributed by atoms with van der Waals surface area (Å²) in [6.45, 7) is 9.40. The van der Waals surface area contributed by atoms with Gasteiger partial charge in [-0.2, -0.15) is 0 Å². The Kier molecular flexibility index (Phi) is 39.1. The highest BCUT2D eigenvalue weighted by molar-refractivity contribution is 6.01. The second kappa shape index (κ2) is 46.8. The topological polar surface area (TPSA) is 569 Å². The maximum atomic E-state index is 14.9. The average Bonchev–Trinajstić information content (AvgIpc) is 1.73. The van der Waals surface area contributed by atoms with Crippen LogP contribution in [0.4, 0.5) is 0 Å². The Bertz CT molecular complexity index is 3320. The number of phenolic OH excluding ortho intramolecular Hbond substituents is 1. The van der Waals surface area contributed by atoms with Gasteiger partial charge >= 0.3 is 5.97 Å². The molecule has 0 unspecified atom stereocenters. The number of aromatic hydroxyl groups is 1. The van der Waals surface area contributed by atoms with Crippen molar-refractivity contribution < 1.29 is 77.3 Å². The molecule has 2 aliphatic rings. The molecule has 107 heavy (non-hydrogen) atoms. The van der Waals surface area contributed by atoms with Crippen molar-refractivity contribution in [3.05, 3.63) is 65.7 Å². The van der Waals surface area contributed by atoms with Crippen LogP contribution in [0.2, 0.25) is 0 Å². The Morgan fingerprint density at radius 3 is 1.45 bits per heavy atom. The van der Waals surface area contributed by atoms with E-state index in [4.69, 9.17) is 28.7 Å². The second-order valence-electron chi connectivity index (χ2n) is 28.0. The number of hydrogen-bond donors (Lipinski definition) is 19. The summed E-state index contributed by atoms with van der Waals surface area (Å²) in [6, 6.07) is -1.69. The molecule has 12 atom stereocenters. The van der Waals surface area contributed by atoms with E-state index in [2.05, 4.69) is 68.8 Å². The summed E-state index contributed by atoms with van der Waals surface area (Å²) in [4.78, 5) is 206. The Morgan fingerprint density at radius 1 is 0.486 bits per heavy atom. The predicted molar refractivity (Wildman–Crippen MR) is 397 cm³/mol. The van der Waals surface area contributed by atoms with Crippen LogP contribution in [-0.2, 0) is 80.0 Å². The molecular weight excluding hydrogens is 1390 g/mol. The minimum Gasteiger partial charge on any atom is -0.508 e. The third-order valence-electron chi connectivity index (χ3n) is 18.2. The number of aliphatic carboxylic acids is 1. The standard InChI is InChI=1S/C72H115N19O16/c1-7-43(6)60-70(106)85-50(22-15-31-75)71(107)91-33-17-24-56(91)69(105)84-48(21-12-14-30-74)63(99)86-51(34-41(2)3)65(101)82-47(20-11-13-29-73)62(98)88-53(37-45-25-27-46(92)28-26-45)61(97)80-39-57(93)79-40-58(94)81-54(36-44-18-9-8-10-19-44)67(103)87-52(35-42(4)5)66(102)89-55(38-59(95)96)68(104)83-49(64(100)90-60)23-16-32-78-72(76)77/h8-10,18-19,25-28,41-43,47-56,60,92H,7,11-17,20-24,29-40,73-75H2,1-6H3,(H,79,93)(H,80,97)(H,81,94)(H,82,101)(H,83,104)(H,84,105)(H,85,106)(H,86,99)(H,87,103)(H,88,98)(H,89,102)(H,90,100)(H,95,96)(H4,76,77,78)/t43-,47-,48-,49-,50-,51-,52-,53-,54-,55+,56-,60-/m0/s1. The quantitative estimate of drug-likeness (QED) is 0.0240. The molecule has 2 aromatic carbocycles. The highest BCUT2D eigenvalue weighted by Crippen LogP contribution is 2.22. The largest absolute Gasteiger partial charge is 0.508 e. The zero-order valence-electron chi connectivity index (χ0n) is 62.3. The predicted octanol–water partition coefficient (Wildman–Crippen LogP) is -3.07. The van der Waals surface area contributed by atoms with Crippen LogP contribution in [-0.4, -0.2) is 216 Å². The molecule has 4 rings (SSSR count). The van der Waals surface area contributed by atoms with E-state index < -0.39 is 175 Å². The Morgan fingerprint density at radius 2 is 0.925 bits per heavy atom. The molecule has 2 fully saturated rings. The lowest BCUT2D eigenvalue weighted by atomic mass is 9.96. The summed E-state index contributed by atoms with van der Waals surface area (Å²) in [5.41, 5.74) is 29.9. The molecule has 13 amide bonds. The van der Waals surface area contributed by atoms with Crippen LogP contribution in [0.3, 0.4) is 0 Å². The van der Waals surface area contributed by atoms with E-state index in [0.717, 1.165) is 0 Å². The van der Waals surface area contributed by atoms with E-state index in [-0.39, 0.29) is 133 Å². The molecule has 594 valence electrons. The van der Waals surface area contributed by atoms with Crippen molar-refractivity contribution >= 4 is 88.7 Å². The lowest BCUT2D eigenvalue weighted by Crippen LogP contribution is -2.61. The van der Waals surface area contributed by atoms with Gasteiger partial charge in [-0.1, -0.05) is 90.4 Å². The fourth-order valence-electron chi connectivity index (χ4n) is 12.2. The Hall–Kier alpha value is -10.0. The van der Waals surface area contributed by atoms with Gasteiger partial charge < -0.3 is 108 Å². The molecule has 2 aliphatic heterocycles. The summed E-state index contributed by atoms with van der Waals surface area (Å²) < 4.78 is 0. The highest BCUT2D eigenvalue weighted by Gasteiger charge is 2.42. The summed E-state index contributed by atoms with van der Waals surface area (Å²) in [5.74, 6) is -14.7. The average molecular weight is 1500 g/mol. The van der Waals surface area contributed by atoms with Gasteiger partial charge in [0.15, 0.2) is 5.96 Å². The van der Waals surface area contributed by atoms with Gasteiger partial charge in [0.25, 0.3) is 0 Å². The summed E-state index contributed by atoms with van der Waals surface area (Å²) in [6.07, 6.45) is 0.714. The number of nitrogens with one attached hydrogen (secondary N) is 12. The normalized spacial score (nSPS) is 24.2. The van der Waals surface area contributed by atoms with Gasteiger partial charge in [-0.3, -0.25) is 72.1 Å². The zero-order valence-corrected chi connectivity index (χ0v) is 62.3. The van der Waals surface area contributed by atoms with Gasteiger partial charge in [0.05, 0.1) is 19.5 Å². The second-order valence-corrected chi connectivity index (χ2v) is 28.0. The summed E-state index contributed by atoms with van der Waals surface area (Å²) in [7, 11) is 0. The van der Waals surface area contributed by atoms with Gasteiger partial charge in [0.1, 0.15) is 72.2 Å². The first kappa shape index (κ1) is 89.4. The van der Waals surface area contributed by atoms with E-state index in [1.165, 1.54) is 29.2 Å². The molecule has 2 aromatic rings. The smallest absolute Gasteiger partial charge is 0.305 e. The Labute approximate surface area is 624 Å². The van der Waals surface area contributed by atoms with E-state index >= 15 is 0 Å². The highest BCUT2D eigenvalue weighted by atomic mass is 16.4. The number of aliphatic imine (C=N–C) groups is 1. The minimum atomic E-state index is -1.92. The maximum Gasteiger partial charge on any atom is 0.305 e. The molecule has 24 N–H and O–H groups in total. The molecule has 0 bridgehead atoms. The van der Waals surface area contributed by atoms with Crippen molar-refractivity contribution in [2.24, 2.45) is 51.4 Å². The molecule has 35 heteroatoms. The SMILES string of the molecule is CC[C@H](C)[C@@H]1NC(=O)[C@H](CCCN=C(N)N)NC(=O)[C@@H](CC(=O)O)NC(=O)[C@H](CC(C)C)NC(=O)[C@H](Cc2ccccc2)NC(=O)CNC(=O)CNC(=O)[C@H](Cc2ccc(O)cc2)NC(=O)[C@H](CCCCN)NC(=O)[C@H](CC(C)C)NC(=O)[C@H](CCCCN)NC(=O)[C@@H]2CCCN2C(=O)[C@H](CCCN)NC1=O. The van der Waals surface area contributed by atoms with E-state index in [9.17, 15) is 77.3 Å². The number of carboxylic acids is 1. The summed E-state index contributed by atoms with van der Waals surface area (Å²) in [5, 5.41) is 51.8. The fraction of sp³-hybridized carbons (Fsp3) is 0.625. The van der Waals surface area contributed by atoms with Crippen molar-refractivity contribution in [1.82, 2.24) is 68.7 Å². The number of nitrogens with two attached hydrogens (primary N) is 5. The Balaban J connectivity index is 1.87. The molecular formula is C72H115N19O16. The van der Waals surface area contributed by atoms with Crippen molar-refractivity contribution in [3.8, 4) is 5.75 Å². The van der Waals surface area contributed by atoms with Gasteiger partial charge in [-0.15, -0.1) is 0 Å². The molecule has 0 saturated carbocycles. The minimum absolute atomic E-state index is 0.00399. The lowest BCUT2D eigenvalue weighted by molar-refractivity contribution is -0.143. The van der Waals surface area contributed by atoms with Crippen LogP contribution in [0.25, 0.3) is 0 Å². The van der Waals surface area contributed by atoms with Crippen molar-refractivity contribution in [2.75, 3.05) is 45.8 Å². The number of unbranched alkanes of at least 4 members (excludes halogenated alkanes) is 2. The van der Waals surface area contributed by atoms with Gasteiger partial charge in [0.2, 0.25) is 76.8 Å². The molecule has 0 aliphatic carbocycles. The number of guanidine groups is 1. The van der Waals surface area contributed by atoms with Gasteiger partial charge in [-0.25, -0.2) is 0 Å². The maximum absolute atomic E-state index is 14.9. The van der Waals surface area contributed by atoms with Gasteiger partial charge in [-0.05, 0) is 151 Å². The number of benzene rings is 2. The van der Waals surface area contributed by atoms with E-state index in [0.29, 0.717) is 43.2 Å². The number of phenols is 1. The number of fused-ring (bicyclic) bond motifs is 1. The van der Waals surface area contributed by atoms with Crippen molar-refractivity contribution in [2.45, 2.75) is 224 Å². The monoisotopic (exact) mass is 1500 g/mol. The molecule has 0 aromatic heterocycles. The molecule has 2 saturated heterocycles. The third kappa shape index (κ3) is 31.9. The number of carboxylic acid groups (broad SMARTS) is 1. The molecule has 2 heterocycles. The summed E-state index contributed by atoms with van der Waals surface area (Å²) >= 11 is 0.